The minimum Gasteiger partial charge on any atom is -0.469 e. The van der Waals surface area contributed by atoms with Crippen molar-refractivity contribution < 1.29 is 24.2 Å². The van der Waals surface area contributed by atoms with E-state index < -0.39 is 6.09 Å². The highest BCUT2D eigenvalue weighted by molar-refractivity contribution is 5.95. The van der Waals surface area contributed by atoms with Crippen LogP contribution in [0.4, 0.5) is 15.3 Å². The zero-order chi connectivity index (χ0) is 17.3. The summed E-state index contributed by atoms with van der Waals surface area (Å²) in [5.74, 6) is -0.314. The van der Waals surface area contributed by atoms with E-state index in [1.807, 2.05) is 0 Å². The van der Waals surface area contributed by atoms with Gasteiger partial charge in [-0.2, -0.15) is 0 Å². The summed E-state index contributed by atoms with van der Waals surface area (Å²) < 4.78 is 4.63. The zero-order valence-corrected chi connectivity index (χ0v) is 13.3. The van der Waals surface area contributed by atoms with Crippen molar-refractivity contribution in [1.29, 1.82) is 0 Å². The third-order valence-electron chi connectivity index (χ3n) is 4.45. The Morgan fingerprint density at radius 1 is 1.21 bits per heavy atom. The molecular formula is C16H19N3O5. The van der Waals surface area contributed by atoms with E-state index in [1.165, 1.54) is 12.0 Å². The van der Waals surface area contributed by atoms with E-state index in [-0.39, 0.29) is 24.5 Å². The van der Waals surface area contributed by atoms with Gasteiger partial charge in [-0.1, -0.05) is 12.1 Å². The van der Waals surface area contributed by atoms with Crippen LogP contribution < -0.4 is 4.90 Å². The summed E-state index contributed by atoms with van der Waals surface area (Å²) in [6.45, 7) is 1.53. The van der Waals surface area contributed by atoms with E-state index in [2.05, 4.69) is 4.74 Å². The standard InChI is InChI=1S/C16H19N3O5/c1-24-14(20)8-11-2-4-12(5-3-11)19-10-13-9-17(16(22)23)6-7-18(13)15(19)21/h2-5,13H,6-10H2,1H3,(H,22,23). The van der Waals surface area contributed by atoms with Crippen molar-refractivity contribution in [3.8, 4) is 0 Å². The number of carbonyl (C=O) groups excluding carboxylic acids is 2. The second-order valence-electron chi connectivity index (χ2n) is 5.89. The van der Waals surface area contributed by atoms with Gasteiger partial charge in [-0.05, 0) is 17.7 Å². The van der Waals surface area contributed by atoms with Crippen LogP contribution in [0.1, 0.15) is 5.56 Å². The summed E-state index contributed by atoms with van der Waals surface area (Å²) in [4.78, 5) is 39.6. The molecule has 0 saturated carbocycles. The number of fused-ring (bicyclic) bond motifs is 1. The number of ether oxygens (including phenoxy) is 1. The fourth-order valence-electron chi connectivity index (χ4n) is 3.13. The quantitative estimate of drug-likeness (QED) is 0.834. The van der Waals surface area contributed by atoms with Gasteiger partial charge in [0.15, 0.2) is 0 Å². The van der Waals surface area contributed by atoms with Crippen LogP contribution in [0.25, 0.3) is 0 Å². The first-order valence-electron chi connectivity index (χ1n) is 7.71. The van der Waals surface area contributed by atoms with E-state index in [0.717, 1.165) is 11.3 Å². The maximum absolute atomic E-state index is 12.5. The summed E-state index contributed by atoms with van der Waals surface area (Å²) in [7, 11) is 1.34. The number of methoxy groups -OCH3 is 1. The van der Waals surface area contributed by atoms with Gasteiger partial charge in [0, 0.05) is 31.9 Å². The Balaban J connectivity index is 1.70. The molecule has 8 nitrogen and oxygen atoms in total. The number of urea groups is 1. The molecular weight excluding hydrogens is 314 g/mol. The molecule has 2 aliphatic heterocycles. The largest absolute Gasteiger partial charge is 0.469 e. The molecule has 2 fully saturated rings. The van der Waals surface area contributed by atoms with Gasteiger partial charge in [0.2, 0.25) is 0 Å². The normalized spacial score (nSPS) is 20.1. The van der Waals surface area contributed by atoms with Crippen LogP contribution in [0.2, 0.25) is 0 Å². The minimum absolute atomic E-state index is 0.106. The lowest BCUT2D eigenvalue weighted by molar-refractivity contribution is -0.139. The Kier molecular flexibility index (Phi) is 4.28. The topological polar surface area (TPSA) is 90.4 Å². The molecule has 0 spiro atoms. The van der Waals surface area contributed by atoms with Crippen LogP contribution in [0.15, 0.2) is 24.3 Å². The maximum atomic E-state index is 12.5. The van der Waals surface area contributed by atoms with E-state index in [0.29, 0.717) is 26.2 Å². The van der Waals surface area contributed by atoms with E-state index in [1.54, 1.807) is 34.1 Å². The van der Waals surface area contributed by atoms with Crippen LogP contribution in [-0.4, -0.2) is 72.3 Å². The average Bonchev–Trinajstić information content (AvgIpc) is 2.91. The molecule has 1 atom stereocenters. The molecule has 3 rings (SSSR count). The summed E-state index contributed by atoms with van der Waals surface area (Å²) in [5, 5.41) is 9.10. The molecule has 1 aromatic carbocycles. The Labute approximate surface area is 139 Å². The second kappa shape index (κ2) is 6.38. The highest BCUT2D eigenvalue weighted by Gasteiger charge is 2.42. The Hall–Kier alpha value is -2.77. The summed E-state index contributed by atoms with van der Waals surface area (Å²) in [5.41, 5.74) is 1.55. The van der Waals surface area contributed by atoms with Crippen LogP contribution >= 0.6 is 0 Å². The first-order valence-corrected chi connectivity index (χ1v) is 7.71. The Morgan fingerprint density at radius 3 is 2.54 bits per heavy atom. The number of hydrogen-bond donors (Lipinski definition) is 1. The number of amides is 3. The van der Waals surface area contributed by atoms with Gasteiger partial charge < -0.3 is 19.6 Å². The van der Waals surface area contributed by atoms with Crippen LogP contribution in [0, 0.1) is 0 Å². The van der Waals surface area contributed by atoms with E-state index >= 15 is 0 Å². The summed E-state index contributed by atoms with van der Waals surface area (Å²) in [6.07, 6.45) is -0.764. The third kappa shape index (κ3) is 2.99. The summed E-state index contributed by atoms with van der Waals surface area (Å²) >= 11 is 0. The predicted octanol–water partition coefficient (Wildman–Crippen LogP) is 1.01. The Morgan fingerprint density at radius 2 is 1.92 bits per heavy atom. The van der Waals surface area contributed by atoms with Crippen molar-refractivity contribution in [2.75, 3.05) is 38.2 Å². The van der Waals surface area contributed by atoms with E-state index in [4.69, 9.17) is 5.11 Å². The van der Waals surface area contributed by atoms with Crippen molar-refractivity contribution >= 4 is 23.8 Å². The number of anilines is 1. The lowest BCUT2D eigenvalue weighted by atomic mass is 10.1. The lowest BCUT2D eigenvalue weighted by Crippen LogP contribution is -2.53. The lowest BCUT2D eigenvalue weighted by Gasteiger charge is -2.34. The van der Waals surface area contributed by atoms with Gasteiger partial charge in [0.1, 0.15) is 0 Å². The highest BCUT2D eigenvalue weighted by Crippen LogP contribution is 2.26. The number of nitrogens with zero attached hydrogens (tertiary/aromatic N) is 3. The van der Waals surface area contributed by atoms with Crippen LogP contribution in [0.5, 0.6) is 0 Å². The fraction of sp³-hybridized carbons (Fsp3) is 0.438. The number of rotatable bonds is 3. The number of carboxylic acid groups (broad SMARTS) is 1. The molecule has 2 aliphatic rings. The molecule has 2 saturated heterocycles. The van der Waals surface area contributed by atoms with Gasteiger partial charge in [-0.25, -0.2) is 9.59 Å². The molecule has 128 valence electrons. The summed E-state index contributed by atoms with van der Waals surface area (Å²) in [6, 6.07) is 6.94. The minimum atomic E-state index is -0.951. The zero-order valence-electron chi connectivity index (χ0n) is 13.3. The molecule has 0 aromatic heterocycles. The monoisotopic (exact) mass is 333 g/mol. The first-order chi connectivity index (χ1) is 11.5. The molecule has 2 heterocycles. The highest BCUT2D eigenvalue weighted by atomic mass is 16.5. The molecule has 1 aromatic rings. The number of piperazine rings is 1. The van der Waals surface area contributed by atoms with Crippen LogP contribution in [-0.2, 0) is 16.0 Å². The number of esters is 1. The smallest absolute Gasteiger partial charge is 0.407 e. The predicted molar refractivity (Wildman–Crippen MR) is 85.0 cm³/mol. The van der Waals surface area contributed by atoms with E-state index in [9.17, 15) is 14.4 Å². The Bertz CT molecular complexity index is 660. The molecule has 3 amide bonds. The van der Waals surface area contributed by atoms with Gasteiger partial charge >= 0.3 is 18.1 Å². The van der Waals surface area contributed by atoms with Crippen molar-refractivity contribution in [2.24, 2.45) is 0 Å². The van der Waals surface area contributed by atoms with Gasteiger partial charge in [-0.3, -0.25) is 9.69 Å². The molecule has 0 bridgehead atoms. The average molecular weight is 333 g/mol. The first kappa shape index (κ1) is 16.1. The number of carbonyl (C=O) groups is 3. The van der Waals surface area contributed by atoms with Gasteiger partial charge in [0.25, 0.3) is 0 Å². The van der Waals surface area contributed by atoms with Crippen molar-refractivity contribution in [3.63, 3.8) is 0 Å². The molecule has 0 radical (unpaired) electrons. The molecule has 8 heteroatoms. The number of benzene rings is 1. The second-order valence-corrected chi connectivity index (χ2v) is 5.89. The molecule has 0 aliphatic carbocycles. The van der Waals surface area contributed by atoms with Gasteiger partial charge in [-0.15, -0.1) is 0 Å². The molecule has 1 unspecified atom stereocenters. The number of hydrogen-bond acceptors (Lipinski definition) is 4. The molecule has 1 N–H and O–H groups in total. The van der Waals surface area contributed by atoms with Gasteiger partial charge in [0.05, 0.1) is 19.6 Å². The third-order valence-corrected chi connectivity index (χ3v) is 4.45. The SMILES string of the molecule is COC(=O)Cc1ccc(N2CC3CN(C(=O)O)CCN3C2=O)cc1. The van der Waals surface area contributed by atoms with Crippen LogP contribution in [0.3, 0.4) is 0 Å². The maximum Gasteiger partial charge on any atom is 0.407 e. The molecule has 24 heavy (non-hydrogen) atoms. The van der Waals surface area contributed by atoms with Crippen molar-refractivity contribution in [1.82, 2.24) is 9.80 Å². The fourth-order valence-corrected chi connectivity index (χ4v) is 3.13. The van der Waals surface area contributed by atoms with Crippen molar-refractivity contribution in [2.45, 2.75) is 12.5 Å². The van der Waals surface area contributed by atoms with Crippen molar-refractivity contribution in [3.05, 3.63) is 29.8 Å².